The molecule has 7 heteroatoms. The topological polar surface area (TPSA) is 95.7 Å². The number of nitrogens with one attached hydrogen (secondary N) is 1. The minimum atomic E-state index is -0.481. The summed E-state index contributed by atoms with van der Waals surface area (Å²) < 4.78 is 0. The number of carbonyl (C=O) groups is 3. The molecule has 0 atom stereocenters. The summed E-state index contributed by atoms with van der Waals surface area (Å²) in [5.74, 6) is 4.07. The van der Waals surface area contributed by atoms with Gasteiger partial charge in [0.25, 0.3) is 5.91 Å². The highest BCUT2D eigenvalue weighted by Gasteiger charge is 2.30. The molecule has 0 aromatic carbocycles. The van der Waals surface area contributed by atoms with Crippen LogP contribution in [0.2, 0.25) is 0 Å². The predicted octanol–water partition coefficient (Wildman–Crippen LogP) is -1.94. The molecule has 0 aromatic rings. The van der Waals surface area contributed by atoms with Crippen molar-refractivity contribution in [3.8, 4) is 0 Å². The van der Waals surface area contributed by atoms with E-state index in [1.165, 1.54) is 9.80 Å². The number of hydrazine groups is 1. The summed E-state index contributed by atoms with van der Waals surface area (Å²) in [6.45, 7) is 2.34. The molecule has 1 aliphatic heterocycles. The lowest BCUT2D eigenvalue weighted by molar-refractivity contribution is -0.151. The van der Waals surface area contributed by atoms with Gasteiger partial charge in [0.1, 0.15) is 13.1 Å². The van der Waals surface area contributed by atoms with Gasteiger partial charge >= 0.3 is 0 Å². The van der Waals surface area contributed by atoms with Gasteiger partial charge in [-0.3, -0.25) is 19.8 Å². The van der Waals surface area contributed by atoms with E-state index in [0.717, 1.165) is 6.42 Å². The number of piperazine rings is 1. The van der Waals surface area contributed by atoms with Crippen molar-refractivity contribution in [2.24, 2.45) is 5.84 Å². The van der Waals surface area contributed by atoms with Crippen molar-refractivity contribution in [2.45, 2.75) is 13.3 Å². The highest BCUT2D eigenvalue weighted by molar-refractivity contribution is 5.94. The maximum Gasteiger partial charge on any atom is 0.253 e. The summed E-state index contributed by atoms with van der Waals surface area (Å²) in [5, 5.41) is 0. The average molecular weight is 228 g/mol. The SMILES string of the molecule is CCCN1CC(=O)N(CC(=O)NN)CC1=O. The highest BCUT2D eigenvalue weighted by atomic mass is 16.2. The van der Waals surface area contributed by atoms with E-state index in [1.54, 1.807) is 0 Å². The van der Waals surface area contributed by atoms with Gasteiger partial charge < -0.3 is 9.80 Å². The second-order valence-corrected chi connectivity index (χ2v) is 3.63. The molecule has 0 aromatic heterocycles. The molecule has 1 rings (SSSR count). The Morgan fingerprint density at radius 2 is 1.88 bits per heavy atom. The molecule has 0 bridgehead atoms. The third-order valence-electron chi connectivity index (χ3n) is 2.35. The Hall–Kier alpha value is -1.63. The quantitative estimate of drug-likeness (QED) is 0.332. The molecule has 1 heterocycles. The Kier molecular flexibility index (Phi) is 4.24. The van der Waals surface area contributed by atoms with Gasteiger partial charge in [-0.15, -0.1) is 0 Å². The molecule has 0 spiro atoms. The Morgan fingerprint density at radius 3 is 2.44 bits per heavy atom. The van der Waals surface area contributed by atoms with E-state index in [9.17, 15) is 14.4 Å². The average Bonchev–Trinajstić information content (AvgIpc) is 2.25. The molecule has 0 aliphatic carbocycles. The number of nitrogens with zero attached hydrogens (tertiary/aromatic N) is 2. The third-order valence-corrected chi connectivity index (χ3v) is 2.35. The van der Waals surface area contributed by atoms with Crippen LogP contribution in [0.25, 0.3) is 0 Å². The molecule has 3 amide bonds. The fourth-order valence-corrected chi connectivity index (χ4v) is 1.54. The largest absolute Gasteiger partial charge is 0.332 e. The molecule has 16 heavy (non-hydrogen) atoms. The molecule has 7 nitrogen and oxygen atoms in total. The number of rotatable bonds is 4. The molecule has 0 unspecified atom stereocenters. The standard InChI is InChI=1S/C9H16N4O3/c1-2-3-12-5-9(16)13(6-8(12)15)4-7(14)11-10/h2-6,10H2,1H3,(H,11,14). The number of nitrogens with two attached hydrogens (primary N) is 1. The van der Waals surface area contributed by atoms with E-state index in [2.05, 4.69) is 0 Å². The van der Waals surface area contributed by atoms with E-state index in [1.807, 2.05) is 12.3 Å². The van der Waals surface area contributed by atoms with Crippen molar-refractivity contribution in [1.29, 1.82) is 0 Å². The van der Waals surface area contributed by atoms with Gasteiger partial charge in [-0.05, 0) is 6.42 Å². The minimum Gasteiger partial charge on any atom is -0.332 e. The van der Waals surface area contributed by atoms with Crippen molar-refractivity contribution in [3.63, 3.8) is 0 Å². The second-order valence-electron chi connectivity index (χ2n) is 3.63. The summed E-state index contributed by atoms with van der Waals surface area (Å²) in [5.41, 5.74) is 1.93. The van der Waals surface area contributed by atoms with E-state index in [-0.39, 0.29) is 31.4 Å². The summed E-state index contributed by atoms with van der Waals surface area (Å²) in [6.07, 6.45) is 0.808. The first kappa shape index (κ1) is 12.4. The van der Waals surface area contributed by atoms with Crippen LogP contribution in [0.3, 0.4) is 0 Å². The fourth-order valence-electron chi connectivity index (χ4n) is 1.54. The number of carbonyl (C=O) groups excluding carboxylic acids is 3. The van der Waals surface area contributed by atoms with Crippen LogP contribution in [0.15, 0.2) is 0 Å². The van der Waals surface area contributed by atoms with Gasteiger partial charge in [0.2, 0.25) is 11.8 Å². The van der Waals surface area contributed by atoms with E-state index < -0.39 is 5.91 Å². The van der Waals surface area contributed by atoms with Gasteiger partial charge in [-0.25, -0.2) is 5.84 Å². The minimum absolute atomic E-state index is 0.0462. The van der Waals surface area contributed by atoms with E-state index in [4.69, 9.17) is 5.84 Å². The van der Waals surface area contributed by atoms with Crippen molar-refractivity contribution in [3.05, 3.63) is 0 Å². The zero-order valence-electron chi connectivity index (χ0n) is 9.23. The van der Waals surface area contributed by atoms with Crippen LogP contribution >= 0.6 is 0 Å². The molecule has 1 aliphatic rings. The number of amides is 3. The van der Waals surface area contributed by atoms with Crippen LogP contribution in [0, 0.1) is 0 Å². The summed E-state index contributed by atoms with van der Waals surface area (Å²) >= 11 is 0. The number of hydrogen-bond donors (Lipinski definition) is 2. The maximum absolute atomic E-state index is 11.6. The summed E-state index contributed by atoms with van der Waals surface area (Å²) in [6, 6.07) is 0. The van der Waals surface area contributed by atoms with Crippen molar-refractivity contribution in [1.82, 2.24) is 15.2 Å². The first-order chi connectivity index (χ1) is 7.58. The van der Waals surface area contributed by atoms with Crippen LogP contribution in [-0.2, 0) is 14.4 Å². The maximum atomic E-state index is 11.6. The molecule has 1 saturated heterocycles. The lowest BCUT2D eigenvalue weighted by Gasteiger charge is -2.33. The molecule has 0 saturated carbocycles. The van der Waals surface area contributed by atoms with Crippen LogP contribution in [-0.4, -0.2) is 53.7 Å². The van der Waals surface area contributed by atoms with Crippen molar-refractivity contribution >= 4 is 17.7 Å². The van der Waals surface area contributed by atoms with E-state index >= 15 is 0 Å². The van der Waals surface area contributed by atoms with Gasteiger partial charge in [-0.1, -0.05) is 6.92 Å². The van der Waals surface area contributed by atoms with Gasteiger partial charge in [0, 0.05) is 6.54 Å². The fraction of sp³-hybridized carbons (Fsp3) is 0.667. The van der Waals surface area contributed by atoms with Crippen LogP contribution in [0.1, 0.15) is 13.3 Å². The Balaban J connectivity index is 2.56. The predicted molar refractivity (Wildman–Crippen MR) is 55.8 cm³/mol. The first-order valence-corrected chi connectivity index (χ1v) is 5.13. The normalized spacial score (nSPS) is 16.6. The molecule has 90 valence electrons. The third kappa shape index (κ3) is 2.93. The Morgan fingerprint density at radius 1 is 1.31 bits per heavy atom. The molecular weight excluding hydrogens is 212 g/mol. The Labute approximate surface area is 93.5 Å². The van der Waals surface area contributed by atoms with Gasteiger partial charge in [0.15, 0.2) is 0 Å². The lowest BCUT2D eigenvalue weighted by Crippen LogP contribution is -2.56. The zero-order chi connectivity index (χ0) is 12.1. The van der Waals surface area contributed by atoms with Crippen LogP contribution in [0.4, 0.5) is 0 Å². The molecular formula is C9H16N4O3. The molecule has 1 fully saturated rings. The first-order valence-electron chi connectivity index (χ1n) is 5.13. The molecule has 3 N–H and O–H groups in total. The van der Waals surface area contributed by atoms with E-state index in [0.29, 0.717) is 6.54 Å². The second kappa shape index (κ2) is 5.45. The number of hydrogen-bond acceptors (Lipinski definition) is 4. The molecule has 0 radical (unpaired) electrons. The zero-order valence-corrected chi connectivity index (χ0v) is 9.23. The van der Waals surface area contributed by atoms with Crippen molar-refractivity contribution < 1.29 is 14.4 Å². The smallest absolute Gasteiger partial charge is 0.253 e. The Bertz CT molecular complexity index is 305. The monoisotopic (exact) mass is 228 g/mol. The van der Waals surface area contributed by atoms with Gasteiger partial charge in [0.05, 0.1) is 6.54 Å². The highest BCUT2D eigenvalue weighted by Crippen LogP contribution is 2.05. The summed E-state index contributed by atoms with van der Waals surface area (Å²) in [7, 11) is 0. The summed E-state index contributed by atoms with van der Waals surface area (Å²) in [4.78, 5) is 36.9. The van der Waals surface area contributed by atoms with Gasteiger partial charge in [-0.2, -0.15) is 0 Å². The van der Waals surface area contributed by atoms with Crippen LogP contribution in [0.5, 0.6) is 0 Å². The lowest BCUT2D eigenvalue weighted by atomic mass is 10.2. The van der Waals surface area contributed by atoms with Crippen LogP contribution < -0.4 is 11.3 Å². The van der Waals surface area contributed by atoms with Crippen molar-refractivity contribution in [2.75, 3.05) is 26.2 Å².